The quantitative estimate of drug-likeness (QED) is 0.167. The lowest BCUT2D eigenvalue weighted by Crippen LogP contribution is -2.32. The van der Waals surface area contributed by atoms with E-state index in [0.29, 0.717) is 5.82 Å². The summed E-state index contributed by atoms with van der Waals surface area (Å²) in [6.45, 7) is 0. The standard InChI is InChI=1S/C59H38N2S/c1-3-15-39(16-4-1)43-19-13-21-46(35-43)55-38-54(60-58(61-55)47-22-14-20-44(36-47)40-17-5-2-6-18-40)42-31-29-41(30-32-42)45-33-34-57-53(37-45)59(52-27-11-12-28-56(52)62-57)50-25-9-7-23-48(50)49-24-8-10-26-51(49)59/h1-38H. The maximum atomic E-state index is 5.27. The Kier molecular flexibility index (Phi) is 8.69. The highest BCUT2D eigenvalue weighted by Crippen LogP contribution is 2.62. The van der Waals surface area contributed by atoms with Gasteiger partial charge in [-0.05, 0) is 103 Å². The molecule has 2 heterocycles. The minimum absolute atomic E-state index is 0.413. The molecular formula is C59H38N2S. The molecule has 290 valence electrons. The Bertz CT molecular complexity index is 3170. The Labute approximate surface area is 366 Å². The van der Waals surface area contributed by atoms with Gasteiger partial charge in [0.25, 0.3) is 0 Å². The van der Waals surface area contributed by atoms with Crippen LogP contribution < -0.4 is 0 Å². The van der Waals surface area contributed by atoms with Crippen molar-refractivity contribution >= 4 is 11.8 Å². The van der Waals surface area contributed by atoms with E-state index in [9.17, 15) is 0 Å². The molecule has 0 bridgehead atoms. The van der Waals surface area contributed by atoms with Crippen LogP contribution in [0.15, 0.2) is 240 Å². The summed E-state index contributed by atoms with van der Waals surface area (Å²) in [5.41, 5.74) is 19.4. The topological polar surface area (TPSA) is 25.8 Å². The first-order chi connectivity index (χ1) is 30.7. The summed E-state index contributed by atoms with van der Waals surface area (Å²) >= 11 is 1.88. The Balaban J connectivity index is 0.972. The molecule has 12 rings (SSSR count). The number of rotatable bonds is 6. The second-order valence-corrected chi connectivity index (χ2v) is 17.2. The van der Waals surface area contributed by atoms with Crippen molar-refractivity contribution in [1.82, 2.24) is 9.97 Å². The minimum atomic E-state index is -0.413. The summed E-state index contributed by atoms with van der Waals surface area (Å²) in [7, 11) is 0. The zero-order valence-corrected chi connectivity index (χ0v) is 34.6. The van der Waals surface area contributed by atoms with Crippen molar-refractivity contribution in [2.75, 3.05) is 0 Å². The van der Waals surface area contributed by atoms with Crippen molar-refractivity contribution in [1.29, 1.82) is 0 Å². The van der Waals surface area contributed by atoms with E-state index in [1.165, 1.54) is 54.3 Å². The molecule has 0 saturated heterocycles. The van der Waals surface area contributed by atoms with E-state index >= 15 is 0 Å². The molecule has 0 saturated carbocycles. The molecule has 9 aromatic carbocycles. The Morgan fingerprint density at radius 2 is 0.710 bits per heavy atom. The Hall–Kier alpha value is -7.59. The molecule has 0 unspecified atom stereocenters. The van der Waals surface area contributed by atoms with Gasteiger partial charge >= 0.3 is 0 Å². The fraction of sp³-hybridized carbons (Fsp3) is 0.0169. The first-order valence-corrected chi connectivity index (χ1v) is 22.0. The Morgan fingerprint density at radius 3 is 1.37 bits per heavy atom. The van der Waals surface area contributed by atoms with Crippen LogP contribution in [-0.2, 0) is 5.41 Å². The van der Waals surface area contributed by atoms with Crippen molar-refractivity contribution in [3.63, 3.8) is 0 Å². The number of fused-ring (bicyclic) bond motifs is 9. The third-order valence-electron chi connectivity index (χ3n) is 12.6. The van der Waals surface area contributed by atoms with Gasteiger partial charge < -0.3 is 0 Å². The highest BCUT2D eigenvalue weighted by atomic mass is 32.2. The zero-order valence-electron chi connectivity index (χ0n) is 33.7. The highest BCUT2D eigenvalue weighted by molar-refractivity contribution is 7.99. The second kappa shape index (κ2) is 14.8. The third kappa shape index (κ3) is 5.96. The molecule has 0 atom stereocenters. The van der Waals surface area contributed by atoms with Gasteiger partial charge in [0.1, 0.15) is 0 Å². The van der Waals surface area contributed by atoms with E-state index in [1.807, 2.05) is 11.8 Å². The Morgan fingerprint density at radius 1 is 0.274 bits per heavy atom. The molecule has 1 aromatic heterocycles. The van der Waals surface area contributed by atoms with Gasteiger partial charge in [0.05, 0.1) is 16.8 Å². The molecule has 0 amide bonds. The molecule has 2 aliphatic rings. The summed E-state index contributed by atoms with van der Waals surface area (Å²) in [5.74, 6) is 0.694. The SMILES string of the molecule is c1ccc(-c2cccc(-c3cc(-c4ccc(-c5ccc6c(c5)C5(c7ccccc7S6)c6ccccc6-c6ccccc65)cc4)nc(-c4cccc(-c5ccccc5)c4)n3)c2)cc1. The van der Waals surface area contributed by atoms with Crippen LogP contribution in [0.1, 0.15) is 22.3 Å². The maximum Gasteiger partial charge on any atom is 0.160 e. The summed E-state index contributed by atoms with van der Waals surface area (Å²) in [4.78, 5) is 13.1. The first-order valence-electron chi connectivity index (χ1n) is 21.1. The summed E-state index contributed by atoms with van der Waals surface area (Å²) in [6, 6.07) is 83.3. The predicted octanol–water partition coefficient (Wildman–Crippen LogP) is 15.3. The zero-order chi connectivity index (χ0) is 41.0. The van der Waals surface area contributed by atoms with Crippen molar-refractivity contribution in [3.8, 4) is 78.4 Å². The summed E-state index contributed by atoms with van der Waals surface area (Å²) < 4.78 is 0. The first kappa shape index (κ1) is 36.3. The van der Waals surface area contributed by atoms with Gasteiger partial charge in [0, 0.05) is 26.5 Å². The van der Waals surface area contributed by atoms with Crippen molar-refractivity contribution in [2.45, 2.75) is 15.2 Å². The van der Waals surface area contributed by atoms with E-state index in [-0.39, 0.29) is 0 Å². The molecule has 10 aromatic rings. The lowest BCUT2D eigenvalue weighted by molar-refractivity contribution is 0.723. The largest absolute Gasteiger partial charge is 0.228 e. The molecule has 0 radical (unpaired) electrons. The van der Waals surface area contributed by atoms with Gasteiger partial charge in [-0.2, -0.15) is 0 Å². The number of hydrogen-bond donors (Lipinski definition) is 0. The smallest absolute Gasteiger partial charge is 0.160 e. The lowest BCUT2D eigenvalue weighted by atomic mass is 9.67. The maximum absolute atomic E-state index is 5.27. The van der Waals surface area contributed by atoms with Crippen molar-refractivity contribution in [3.05, 3.63) is 253 Å². The third-order valence-corrected chi connectivity index (χ3v) is 13.7. The van der Waals surface area contributed by atoms with Gasteiger partial charge in [-0.3, -0.25) is 0 Å². The molecule has 0 N–H and O–H groups in total. The summed E-state index contributed by atoms with van der Waals surface area (Å²) in [6.07, 6.45) is 0. The number of nitrogens with zero attached hydrogens (tertiary/aromatic N) is 2. The second-order valence-electron chi connectivity index (χ2n) is 16.1. The average molecular weight is 807 g/mol. The monoisotopic (exact) mass is 806 g/mol. The van der Waals surface area contributed by atoms with Crippen molar-refractivity contribution < 1.29 is 0 Å². The molecule has 0 fully saturated rings. The van der Waals surface area contributed by atoms with Gasteiger partial charge in [-0.1, -0.05) is 206 Å². The fourth-order valence-corrected chi connectivity index (χ4v) is 10.9. The predicted molar refractivity (Wildman–Crippen MR) is 256 cm³/mol. The summed E-state index contributed by atoms with van der Waals surface area (Å²) in [5, 5.41) is 0. The fourth-order valence-electron chi connectivity index (χ4n) is 9.70. The van der Waals surface area contributed by atoms with Crippen LogP contribution in [-0.4, -0.2) is 9.97 Å². The van der Waals surface area contributed by atoms with E-state index < -0.39 is 5.41 Å². The lowest BCUT2D eigenvalue weighted by Gasteiger charge is -2.40. The number of benzene rings is 9. The molecule has 1 aliphatic carbocycles. The molecule has 1 spiro atoms. The van der Waals surface area contributed by atoms with Gasteiger partial charge in [0.15, 0.2) is 5.82 Å². The normalized spacial score (nSPS) is 12.9. The molecule has 2 nitrogen and oxygen atoms in total. The van der Waals surface area contributed by atoms with Crippen LogP contribution in [0, 0.1) is 0 Å². The molecule has 3 heteroatoms. The van der Waals surface area contributed by atoms with Gasteiger partial charge in [-0.25, -0.2) is 9.97 Å². The van der Waals surface area contributed by atoms with E-state index in [2.05, 4.69) is 231 Å². The van der Waals surface area contributed by atoms with Crippen LogP contribution in [0.25, 0.3) is 78.4 Å². The van der Waals surface area contributed by atoms with Crippen molar-refractivity contribution in [2.24, 2.45) is 0 Å². The highest BCUT2D eigenvalue weighted by Gasteiger charge is 2.50. The van der Waals surface area contributed by atoms with Crippen LogP contribution in [0.4, 0.5) is 0 Å². The van der Waals surface area contributed by atoms with E-state index in [1.54, 1.807) is 0 Å². The van der Waals surface area contributed by atoms with Crippen LogP contribution in [0.2, 0.25) is 0 Å². The van der Waals surface area contributed by atoms with Crippen LogP contribution in [0.3, 0.4) is 0 Å². The number of aromatic nitrogens is 2. The van der Waals surface area contributed by atoms with Gasteiger partial charge in [0.2, 0.25) is 0 Å². The molecule has 62 heavy (non-hydrogen) atoms. The van der Waals surface area contributed by atoms with Crippen LogP contribution in [0.5, 0.6) is 0 Å². The van der Waals surface area contributed by atoms with Gasteiger partial charge in [-0.15, -0.1) is 0 Å². The number of hydrogen-bond acceptors (Lipinski definition) is 3. The van der Waals surface area contributed by atoms with E-state index in [4.69, 9.17) is 9.97 Å². The minimum Gasteiger partial charge on any atom is -0.228 e. The van der Waals surface area contributed by atoms with E-state index in [0.717, 1.165) is 50.3 Å². The molecular weight excluding hydrogens is 769 g/mol. The van der Waals surface area contributed by atoms with Crippen LogP contribution >= 0.6 is 11.8 Å². The molecule has 1 aliphatic heterocycles. The average Bonchev–Trinajstić information content (AvgIpc) is 3.65.